The van der Waals surface area contributed by atoms with Crippen LogP contribution in [-0.4, -0.2) is 18.5 Å². The van der Waals surface area contributed by atoms with Gasteiger partial charge >= 0.3 is 0 Å². The van der Waals surface area contributed by atoms with Gasteiger partial charge in [0.25, 0.3) is 5.91 Å². The number of hydrogen-bond donors (Lipinski definition) is 2. The average Bonchev–Trinajstić information content (AvgIpc) is 3.04. The second-order valence-corrected chi connectivity index (χ2v) is 6.06. The van der Waals surface area contributed by atoms with Gasteiger partial charge in [0.1, 0.15) is 0 Å². The van der Waals surface area contributed by atoms with Crippen molar-refractivity contribution in [2.45, 2.75) is 25.3 Å². The number of amides is 1. The summed E-state index contributed by atoms with van der Waals surface area (Å²) in [6.07, 6.45) is 3.35. The number of carbonyl (C=O) groups excluding carboxylic acids is 1. The number of nitrogens with one attached hydrogen (secondary N) is 1. The minimum absolute atomic E-state index is 0. The van der Waals surface area contributed by atoms with Crippen molar-refractivity contribution in [3.05, 3.63) is 35.2 Å². The molecule has 2 atom stereocenters. The molecule has 1 aliphatic carbocycles. The Morgan fingerprint density at radius 3 is 2.95 bits per heavy atom. The van der Waals surface area contributed by atoms with E-state index in [9.17, 15) is 4.79 Å². The van der Waals surface area contributed by atoms with Gasteiger partial charge in [-0.15, -0.1) is 23.7 Å². The molecule has 0 radical (unpaired) electrons. The van der Waals surface area contributed by atoms with Crippen LogP contribution in [0.3, 0.4) is 0 Å². The number of thiophene rings is 1. The zero-order valence-corrected chi connectivity index (χ0v) is 12.8. The van der Waals surface area contributed by atoms with Gasteiger partial charge in [0.2, 0.25) is 0 Å². The third-order valence-electron chi connectivity index (χ3n) is 4.00. The van der Waals surface area contributed by atoms with Gasteiger partial charge in [0, 0.05) is 21.5 Å². The van der Waals surface area contributed by atoms with Crippen molar-refractivity contribution in [3.63, 3.8) is 0 Å². The van der Waals surface area contributed by atoms with E-state index in [-0.39, 0.29) is 24.4 Å². The van der Waals surface area contributed by atoms with Gasteiger partial charge in [-0.2, -0.15) is 0 Å². The zero-order valence-electron chi connectivity index (χ0n) is 11.2. The smallest absolute Gasteiger partial charge is 0.252 e. The summed E-state index contributed by atoms with van der Waals surface area (Å²) in [6.45, 7) is 0.662. The fraction of sp³-hybridized carbons (Fsp3) is 0.400. The lowest BCUT2D eigenvalue weighted by molar-refractivity contribution is 0.0931. The standard InChI is InChI=1S/C15H18N2OS.ClH/c16-8-10-4-3-6-13(10)17-15(18)12-9-19-14-7-2-1-5-11(12)14;/h1-2,5,7,9-10,13H,3-4,6,8,16H2,(H,17,18);1H. The Bertz CT molecular complexity index is 598. The topological polar surface area (TPSA) is 55.1 Å². The third-order valence-corrected chi connectivity index (χ3v) is 4.97. The first kappa shape index (κ1) is 15.3. The highest BCUT2D eigenvalue weighted by atomic mass is 35.5. The number of hydrogen-bond acceptors (Lipinski definition) is 3. The number of carbonyl (C=O) groups is 1. The Labute approximate surface area is 129 Å². The van der Waals surface area contributed by atoms with Crippen molar-refractivity contribution in [1.29, 1.82) is 0 Å². The first-order valence-corrected chi connectivity index (χ1v) is 7.64. The normalized spacial score (nSPS) is 21.6. The van der Waals surface area contributed by atoms with Crippen LogP contribution in [0.25, 0.3) is 10.1 Å². The first-order valence-electron chi connectivity index (χ1n) is 6.76. The van der Waals surface area contributed by atoms with Crippen molar-refractivity contribution in [1.82, 2.24) is 5.32 Å². The molecule has 1 aliphatic rings. The maximum Gasteiger partial charge on any atom is 0.252 e. The van der Waals surface area contributed by atoms with Crippen molar-refractivity contribution in [2.75, 3.05) is 6.54 Å². The van der Waals surface area contributed by atoms with Crippen LogP contribution in [0.4, 0.5) is 0 Å². The number of halogens is 1. The first-order chi connectivity index (χ1) is 9.29. The summed E-state index contributed by atoms with van der Waals surface area (Å²) in [7, 11) is 0. The summed E-state index contributed by atoms with van der Waals surface area (Å²) in [5, 5.41) is 6.16. The molecule has 1 amide bonds. The van der Waals surface area contributed by atoms with E-state index in [0.29, 0.717) is 12.5 Å². The molecule has 3 rings (SSSR count). The quantitative estimate of drug-likeness (QED) is 0.915. The lowest BCUT2D eigenvalue weighted by Crippen LogP contribution is -2.39. The molecule has 1 heterocycles. The monoisotopic (exact) mass is 310 g/mol. The van der Waals surface area contributed by atoms with Crippen LogP contribution in [0.5, 0.6) is 0 Å². The molecule has 0 saturated heterocycles. The van der Waals surface area contributed by atoms with Crippen molar-refractivity contribution < 1.29 is 4.79 Å². The minimum Gasteiger partial charge on any atom is -0.349 e. The summed E-state index contributed by atoms with van der Waals surface area (Å²) in [4.78, 5) is 12.4. The van der Waals surface area contributed by atoms with E-state index < -0.39 is 0 Å². The molecule has 2 unspecified atom stereocenters. The lowest BCUT2D eigenvalue weighted by Gasteiger charge is -2.19. The highest BCUT2D eigenvalue weighted by Crippen LogP contribution is 2.28. The maximum atomic E-state index is 12.4. The van der Waals surface area contributed by atoms with Crippen LogP contribution in [0.1, 0.15) is 29.6 Å². The van der Waals surface area contributed by atoms with Gasteiger partial charge in [-0.25, -0.2) is 0 Å². The minimum atomic E-state index is 0. The van der Waals surface area contributed by atoms with Gasteiger partial charge in [-0.3, -0.25) is 4.79 Å². The fourth-order valence-electron chi connectivity index (χ4n) is 2.91. The number of nitrogens with two attached hydrogens (primary N) is 1. The molecule has 2 aromatic rings. The largest absolute Gasteiger partial charge is 0.349 e. The maximum absolute atomic E-state index is 12.4. The van der Waals surface area contributed by atoms with Gasteiger partial charge < -0.3 is 11.1 Å². The predicted molar refractivity (Wildman–Crippen MR) is 86.7 cm³/mol. The van der Waals surface area contributed by atoms with Gasteiger partial charge in [0.15, 0.2) is 0 Å². The molecule has 0 spiro atoms. The molecular formula is C15H19ClN2OS. The van der Waals surface area contributed by atoms with E-state index in [1.807, 2.05) is 23.6 Å². The van der Waals surface area contributed by atoms with Crippen LogP contribution in [0, 0.1) is 5.92 Å². The second-order valence-electron chi connectivity index (χ2n) is 5.15. The van der Waals surface area contributed by atoms with E-state index in [1.165, 1.54) is 0 Å². The molecule has 3 nitrogen and oxygen atoms in total. The van der Waals surface area contributed by atoms with Gasteiger partial charge in [-0.05, 0) is 31.4 Å². The molecule has 3 N–H and O–H groups in total. The molecule has 5 heteroatoms. The van der Waals surface area contributed by atoms with Crippen LogP contribution in [-0.2, 0) is 0 Å². The van der Waals surface area contributed by atoms with Crippen LogP contribution < -0.4 is 11.1 Å². The predicted octanol–water partition coefficient (Wildman–Crippen LogP) is 3.18. The fourth-order valence-corrected chi connectivity index (χ4v) is 3.85. The zero-order chi connectivity index (χ0) is 13.2. The lowest BCUT2D eigenvalue weighted by atomic mass is 10.0. The Morgan fingerprint density at radius 1 is 1.35 bits per heavy atom. The molecule has 1 saturated carbocycles. The molecule has 0 bridgehead atoms. The molecular weight excluding hydrogens is 292 g/mol. The Balaban J connectivity index is 0.00000147. The van der Waals surface area contributed by atoms with Crippen LogP contribution in [0.2, 0.25) is 0 Å². The highest BCUT2D eigenvalue weighted by Gasteiger charge is 2.28. The van der Waals surface area contributed by atoms with Crippen LogP contribution >= 0.6 is 23.7 Å². The van der Waals surface area contributed by atoms with E-state index in [1.54, 1.807) is 11.3 Å². The summed E-state index contributed by atoms with van der Waals surface area (Å²) >= 11 is 1.62. The number of benzene rings is 1. The van der Waals surface area contributed by atoms with Gasteiger partial charge in [0.05, 0.1) is 5.56 Å². The summed E-state index contributed by atoms with van der Waals surface area (Å²) < 4.78 is 1.16. The Hall–Kier alpha value is -1.10. The Morgan fingerprint density at radius 2 is 2.15 bits per heavy atom. The molecule has 1 aromatic heterocycles. The molecule has 20 heavy (non-hydrogen) atoms. The van der Waals surface area contributed by atoms with Crippen molar-refractivity contribution in [2.24, 2.45) is 11.7 Å². The summed E-state index contributed by atoms with van der Waals surface area (Å²) in [5.41, 5.74) is 6.55. The summed E-state index contributed by atoms with van der Waals surface area (Å²) in [5.74, 6) is 0.483. The van der Waals surface area contributed by atoms with E-state index in [0.717, 1.165) is 34.9 Å². The molecule has 1 aromatic carbocycles. The summed E-state index contributed by atoms with van der Waals surface area (Å²) in [6, 6.07) is 8.29. The molecule has 1 fully saturated rings. The van der Waals surface area contributed by atoms with E-state index in [2.05, 4.69) is 11.4 Å². The average molecular weight is 311 g/mol. The third kappa shape index (κ3) is 2.82. The van der Waals surface area contributed by atoms with Crippen molar-refractivity contribution in [3.8, 4) is 0 Å². The van der Waals surface area contributed by atoms with E-state index in [4.69, 9.17) is 5.73 Å². The SMILES string of the molecule is Cl.NCC1CCCC1NC(=O)c1csc2ccccc12. The number of fused-ring (bicyclic) bond motifs is 1. The molecule has 108 valence electrons. The van der Waals surface area contributed by atoms with Gasteiger partial charge in [-0.1, -0.05) is 24.6 Å². The van der Waals surface area contributed by atoms with Crippen molar-refractivity contribution >= 4 is 39.7 Å². The second kappa shape index (κ2) is 6.57. The molecule has 0 aliphatic heterocycles. The van der Waals surface area contributed by atoms with E-state index >= 15 is 0 Å². The number of rotatable bonds is 3. The van der Waals surface area contributed by atoms with Crippen LogP contribution in [0.15, 0.2) is 29.6 Å². The Kier molecular flexibility index (Phi) is 5.02. The highest BCUT2D eigenvalue weighted by molar-refractivity contribution is 7.17.